The molecule has 0 fully saturated rings. The predicted octanol–water partition coefficient (Wildman–Crippen LogP) is 5.27. The van der Waals surface area contributed by atoms with Crippen molar-refractivity contribution in [1.29, 1.82) is 0 Å². The van der Waals surface area contributed by atoms with Crippen LogP contribution in [0.15, 0.2) is 47.3 Å². The first-order valence-electron chi connectivity index (χ1n) is 8.48. The van der Waals surface area contributed by atoms with Crippen LogP contribution in [0.5, 0.6) is 0 Å². The van der Waals surface area contributed by atoms with Crippen molar-refractivity contribution in [3.63, 3.8) is 0 Å². The van der Waals surface area contributed by atoms with Crippen LogP contribution in [0.25, 0.3) is 26.2 Å². The van der Waals surface area contributed by atoms with Crippen LogP contribution >= 0.6 is 22.7 Å². The number of aromatic nitrogens is 2. The third-order valence-electron chi connectivity index (χ3n) is 4.18. The van der Waals surface area contributed by atoms with Crippen molar-refractivity contribution in [2.45, 2.75) is 6.54 Å². The molecule has 0 aliphatic rings. The summed E-state index contributed by atoms with van der Waals surface area (Å²) in [7, 11) is 0. The number of terminal acetylenes is 1. The molecule has 4 aromatic rings. The maximum Gasteiger partial charge on any atom is 0.320 e. The number of amides is 2. The molecule has 2 aromatic heterocycles. The van der Waals surface area contributed by atoms with Gasteiger partial charge in [-0.05, 0) is 34.7 Å². The number of thiazole rings is 2. The topological polar surface area (TPSA) is 71.3 Å². The largest absolute Gasteiger partial charge is 0.335 e. The van der Waals surface area contributed by atoms with Gasteiger partial charge in [-0.15, -0.1) is 29.1 Å². The summed E-state index contributed by atoms with van der Waals surface area (Å²) in [5, 5.41) is 7.55. The van der Waals surface area contributed by atoms with E-state index in [9.17, 15) is 4.79 Å². The molecular formula is C21H13N5OS2. The van der Waals surface area contributed by atoms with Gasteiger partial charge in [0, 0.05) is 11.9 Å². The highest BCUT2D eigenvalue weighted by atomic mass is 32.1. The van der Waals surface area contributed by atoms with Crippen molar-refractivity contribution in [2.24, 2.45) is 0 Å². The van der Waals surface area contributed by atoms with E-state index in [1.54, 1.807) is 16.7 Å². The Morgan fingerprint density at radius 2 is 2.17 bits per heavy atom. The van der Waals surface area contributed by atoms with Crippen LogP contribution in [-0.2, 0) is 6.54 Å². The standard InChI is InChI=1S/C21H13N5OS2/c1-3-19-25-18(11-28-19)26-21(27)23-10-14-8-7-13(9-17(14)22-2)15-5-4-6-16-20(15)29-12-24-16/h1,4-9,11-12H,10H2,(H2,23,26,27). The van der Waals surface area contributed by atoms with Gasteiger partial charge < -0.3 is 5.32 Å². The number of rotatable bonds is 4. The Morgan fingerprint density at radius 3 is 2.97 bits per heavy atom. The van der Waals surface area contributed by atoms with E-state index in [0.29, 0.717) is 16.5 Å². The Labute approximate surface area is 175 Å². The molecule has 29 heavy (non-hydrogen) atoms. The second-order valence-corrected chi connectivity index (χ2v) is 7.66. The van der Waals surface area contributed by atoms with E-state index in [0.717, 1.165) is 26.9 Å². The molecule has 8 heteroatoms. The SMILES string of the molecule is [C-]#[N+]c1cc(-c2cccc3ncsc23)ccc1CNC(=O)Nc1csc(C#C)n1. The fourth-order valence-corrected chi connectivity index (χ4v) is 4.21. The molecule has 2 heterocycles. The molecule has 0 radical (unpaired) electrons. The third kappa shape index (κ3) is 3.94. The van der Waals surface area contributed by atoms with Crippen molar-refractivity contribution in [3.05, 3.63) is 69.3 Å². The predicted molar refractivity (Wildman–Crippen MR) is 117 cm³/mol. The molecule has 2 aromatic carbocycles. The number of nitrogens with one attached hydrogen (secondary N) is 2. The first-order valence-corrected chi connectivity index (χ1v) is 10.2. The number of anilines is 1. The smallest absolute Gasteiger partial charge is 0.320 e. The van der Waals surface area contributed by atoms with E-state index in [-0.39, 0.29) is 6.54 Å². The molecule has 2 N–H and O–H groups in total. The Kier molecular flexibility index (Phi) is 5.21. The van der Waals surface area contributed by atoms with Crippen LogP contribution in [0, 0.1) is 18.9 Å². The summed E-state index contributed by atoms with van der Waals surface area (Å²) in [6, 6.07) is 11.2. The van der Waals surface area contributed by atoms with E-state index in [4.69, 9.17) is 13.0 Å². The highest BCUT2D eigenvalue weighted by Gasteiger charge is 2.11. The molecule has 0 aliphatic heterocycles. The number of nitrogens with zero attached hydrogens (tertiary/aromatic N) is 3. The molecular weight excluding hydrogens is 402 g/mol. The van der Waals surface area contributed by atoms with Crippen LogP contribution in [0.2, 0.25) is 0 Å². The summed E-state index contributed by atoms with van der Waals surface area (Å²) in [4.78, 5) is 24.2. The van der Waals surface area contributed by atoms with Crippen LogP contribution in [-0.4, -0.2) is 16.0 Å². The van der Waals surface area contributed by atoms with Crippen molar-refractivity contribution in [1.82, 2.24) is 15.3 Å². The second-order valence-electron chi connectivity index (χ2n) is 5.95. The summed E-state index contributed by atoms with van der Waals surface area (Å²) in [5.41, 5.74) is 5.97. The van der Waals surface area contributed by atoms with E-state index in [1.807, 2.05) is 41.9 Å². The van der Waals surface area contributed by atoms with Crippen molar-refractivity contribution in [2.75, 3.05) is 5.32 Å². The van der Waals surface area contributed by atoms with Crippen molar-refractivity contribution in [3.8, 4) is 23.5 Å². The number of fused-ring (bicyclic) bond motifs is 1. The highest BCUT2D eigenvalue weighted by molar-refractivity contribution is 7.17. The van der Waals surface area contributed by atoms with Gasteiger partial charge in [0.1, 0.15) is 5.82 Å². The van der Waals surface area contributed by atoms with Crippen LogP contribution < -0.4 is 10.6 Å². The quantitative estimate of drug-likeness (QED) is 0.352. The van der Waals surface area contributed by atoms with Gasteiger partial charge in [0.2, 0.25) is 0 Å². The molecule has 0 spiro atoms. The fourth-order valence-electron chi connectivity index (χ4n) is 2.83. The number of hydrogen-bond donors (Lipinski definition) is 2. The fraction of sp³-hybridized carbons (Fsp3) is 0.0476. The third-order valence-corrected chi connectivity index (χ3v) is 5.83. The Bertz CT molecular complexity index is 1290. The van der Waals surface area contributed by atoms with E-state index >= 15 is 0 Å². The van der Waals surface area contributed by atoms with Crippen LogP contribution in [0.4, 0.5) is 16.3 Å². The zero-order valence-electron chi connectivity index (χ0n) is 15.0. The first-order chi connectivity index (χ1) is 14.2. The average Bonchev–Trinajstić information content (AvgIpc) is 3.41. The molecule has 140 valence electrons. The lowest BCUT2D eigenvalue weighted by molar-refractivity contribution is 0.251. The Hall–Kier alpha value is -3.72. The minimum atomic E-state index is -0.409. The van der Waals surface area contributed by atoms with Crippen molar-refractivity contribution >= 4 is 50.4 Å². The first kappa shape index (κ1) is 18.6. The number of carbonyl (C=O) groups is 1. The summed E-state index contributed by atoms with van der Waals surface area (Å²) in [6.45, 7) is 7.75. The van der Waals surface area contributed by atoms with E-state index < -0.39 is 6.03 Å². The van der Waals surface area contributed by atoms with Gasteiger partial charge in [-0.3, -0.25) is 5.32 Å². The van der Waals surface area contributed by atoms with Crippen LogP contribution in [0.3, 0.4) is 0 Å². The lowest BCUT2D eigenvalue weighted by Crippen LogP contribution is -2.28. The van der Waals surface area contributed by atoms with Crippen molar-refractivity contribution < 1.29 is 4.79 Å². The highest BCUT2D eigenvalue weighted by Crippen LogP contribution is 2.34. The van der Waals surface area contributed by atoms with Gasteiger partial charge in [-0.2, -0.15) is 0 Å². The normalized spacial score (nSPS) is 10.3. The van der Waals surface area contributed by atoms with Gasteiger partial charge in [0.25, 0.3) is 0 Å². The number of hydrogen-bond acceptors (Lipinski definition) is 5. The number of carbonyl (C=O) groups excluding carboxylic acids is 1. The van der Waals surface area contributed by atoms with Gasteiger partial charge in [0.15, 0.2) is 10.7 Å². The summed E-state index contributed by atoms with van der Waals surface area (Å²) < 4.78 is 1.09. The minimum Gasteiger partial charge on any atom is -0.335 e. The Balaban J connectivity index is 1.50. The molecule has 2 amide bonds. The maximum absolute atomic E-state index is 12.1. The van der Waals surface area contributed by atoms with Gasteiger partial charge >= 0.3 is 6.03 Å². The van der Waals surface area contributed by atoms with Crippen LogP contribution in [0.1, 0.15) is 10.6 Å². The van der Waals surface area contributed by atoms with Gasteiger partial charge in [0.05, 0.1) is 22.3 Å². The van der Waals surface area contributed by atoms with E-state index in [2.05, 4.69) is 31.4 Å². The zero-order chi connectivity index (χ0) is 20.2. The van der Waals surface area contributed by atoms with E-state index in [1.165, 1.54) is 11.3 Å². The lowest BCUT2D eigenvalue weighted by atomic mass is 10.0. The summed E-state index contributed by atoms with van der Waals surface area (Å²) >= 11 is 2.85. The second kappa shape index (κ2) is 8.11. The Morgan fingerprint density at radius 1 is 1.28 bits per heavy atom. The molecule has 0 saturated heterocycles. The summed E-state index contributed by atoms with van der Waals surface area (Å²) in [5.74, 6) is 2.82. The molecule has 0 saturated carbocycles. The van der Waals surface area contributed by atoms with Gasteiger partial charge in [-0.1, -0.05) is 24.3 Å². The monoisotopic (exact) mass is 415 g/mol. The molecule has 4 rings (SSSR count). The maximum atomic E-state index is 12.1. The molecule has 0 bridgehead atoms. The number of urea groups is 1. The molecule has 6 nitrogen and oxygen atoms in total. The molecule has 0 unspecified atom stereocenters. The number of benzene rings is 2. The average molecular weight is 416 g/mol. The molecule has 0 atom stereocenters. The van der Waals surface area contributed by atoms with Gasteiger partial charge in [-0.25, -0.2) is 19.6 Å². The summed E-state index contributed by atoms with van der Waals surface area (Å²) in [6.07, 6.45) is 5.28. The molecule has 0 aliphatic carbocycles. The minimum absolute atomic E-state index is 0.223. The lowest BCUT2D eigenvalue weighted by Gasteiger charge is -2.10. The zero-order valence-corrected chi connectivity index (χ0v) is 16.6.